The van der Waals surface area contributed by atoms with E-state index in [1.807, 2.05) is 18.2 Å². The third kappa shape index (κ3) is 9.45. The average molecular weight is 508 g/mol. The lowest BCUT2D eigenvalue weighted by Gasteiger charge is -2.32. The lowest BCUT2D eigenvalue weighted by molar-refractivity contribution is 0.152. The summed E-state index contributed by atoms with van der Waals surface area (Å²) in [4.78, 5) is 11.9. The zero-order valence-corrected chi connectivity index (χ0v) is 20.0. The topological polar surface area (TPSA) is 34.1 Å². The van der Waals surface area contributed by atoms with E-state index in [0.29, 0.717) is 0 Å². The number of piperazine rings is 1. The molecule has 1 N–H and O–H groups in total. The van der Waals surface area contributed by atoms with Gasteiger partial charge in [-0.1, -0.05) is 23.7 Å². The first kappa shape index (κ1) is 24.5. The van der Waals surface area contributed by atoms with Gasteiger partial charge in [-0.3, -0.25) is 4.99 Å². The van der Waals surface area contributed by atoms with Gasteiger partial charge in [0, 0.05) is 57.9 Å². The van der Waals surface area contributed by atoms with Gasteiger partial charge in [-0.15, -0.1) is 24.0 Å². The van der Waals surface area contributed by atoms with E-state index in [9.17, 15) is 0 Å². The number of guanidine groups is 1. The van der Waals surface area contributed by atoms with Crippen LogP contribution >= 0.6 is 35.6 Å². The molecule has 1 aliphatic rings. The molecule has 1 aliphatic heterocycles. The Bertz CT molecular complexity index is 561. The van der Waals surface area contributed by atoms with Crippen LogP contribution in [0.5, 0.6) is 0 Å². The third-order valence-corrected chi connectivity index (χ3v) is 4.98. The van der Waals surface area contributed by atoms with Crippen LogP contribution in [0, 0.1) is 0 Å². The van der Waals surface area contributed by atoms with Crippen LogP contribution in [0.4, 0.5) is 0 Å². The second kappa shape index (κ2) is 13.6. The van der Waals surface area contributed by atoms with Crippen molar-refractivity contribution in [2.75, 3.05) is 59.9 Å². The van der Waals surface area contributed by atoms with Gasteiger partial charge in [0.25, 0.3) is 0 Å². The fourth-order valence-electron chi connectivity index (χ4n) is 3.16. The first-order valence-corrected chi connectivity index (χ1v) is 10.1. The number of nitrogens with zero attached hydrogens (tertiary/aromatic N) is 4. The molecular formula is C20H35ClIN5. The van der Waals surface area contributed by atoms with E-state index in [1.165, 1.54) is 44.7 Å². The Labute approximate surface area is 187 Å². The number of aliphatic imine (C=N–C) groups is 1. The largest absolute Gasteiger partial charge is 0.357 e. The van der Waals surface area contributed by atoms with Crippen LogP contribution in [-0.2, 0) is 6.54 Å². The van der Waals surface area contributed by atoms with Crippen molar-refractivity contribution in [2.24, 2.45) is 4.99 Å². The maximum Gasteiger partial charge on any atom is 0.193 e. The van der Waals surface area contributed by atoms with E-state index < -0.39 is 0 Å². The summed E-state index contributed by atoms with van der Waals surface area (Å²) in [6, 6.07) is 8.01. The molecule has 1 aromatic rings. The minimum Gasteiger partial charge on any atom is -0.357 e. The van der Waals surface area contributed by atoms with Crippen molar-refractivity contribution in [3.8, 4) is 0 Å². The van der Waals surface area contributed by atoms with Crippen molar-refractivity contribution >= 4 is 41.5 Å². The molecule has 1 heterocycles. The Hall–Kier alpha value is -0.570. The first-order chi connectivity index (χ1) is 12.6. The predicted octanol–water partition coefficient (Wildman–Crippen LogP) is 3.38. The minimum absolute atomic E-state index is 0. The molecule has 1 saturated heterocycles. The summed E-state index contributed by atoms with van der Waals surface area (Å²) in [6.45, 7) is 10.6. The number of hydrogen-bond donors (Lipinski definition) is 1. The van der Waals surface area contributed by atoms with Crippen LogP contribution in [0.15, 0.2) is 29.3 Å². The molecule has 7 heteroatoms. The number of benzene rings is 1. The predicted molar refractivity (Wildman–Crippen MR) is 127 cm³/mol. The van der Waals surface area contributed by atoms with Crippen LogP contribution in [0.3, 0.4) is 0 Å². The van der Waals surface area contributed by atoms with Crippen molar-refractivity contribution < 1.29 is 0 Å². The van der Waals surface area contributed by atoms with Crippen molar-refractivity contribution in [2.45, 2.75) is 26.3 Å². The molecule has 0 aromatic heterocycles. The van der Waals surface area contributed by atoms with Gasteiger partial charge in [0.15, 0.2) is 5.96 Å². The quantitative estimate of drug-likeness (QED) is 0.253. The lowest BCUT2D eigenvalue weighted by atomic mass is 10.2. The number of nitrogens with one attached hydrogen (secondary N) is 1. The van der Waals surface area contributed by atoms with Crippen molar-refractivity contribution in [3.63, 3.8) is 0 Å². The van der Waals surface area contributed by atoms with E-state index in [0.717, 1.165) is 37.0 Å². The zero-order valence-electron chi connectivity index (χ0n) is 17.0. The Morgan fingerprint density at radius 2 is 1.96 bits per heavy atom. The van der Waals surface area contributed by atoms with E-state index in [4.69, 9.17) is 16.6 Å². The Morgan fingerprint density at radius 1 is 1.22 bits per heavy atom. The van der Waals surface area contributed by atoms with Crippen molar-refractivity contribution in [3.05, 3.63) is 34.9 Å². The van der Waals surface area contributed by atoms with Crippen LogP contribution in [0.25, 0.3) is 0 Å². The van der Waals surface area contributed by atoms with Gasteiger partial charge in [-0.25, -0.2) is 0 Å². The Balaban J connectivity index is 0.00000364. The Kier molecular flexibility index (Phi) is 12.3. The number of likely N-dealkylation sites (N-methyl/N-ethyl adjacent to an activating group) is 1. The van der Waals surface area contributed by atoms with Crippen LogP contribution < -0.4 is 5.32 Å². The molecule has 1 aromatic carbocycles. The van der Waals surface area contributed by atoms with Gasteiger partial charge in [-0.05, 0) is 51.1 Å². The molecule has 0 atom stereocenters. The third-order valence-electron chi connectivity index (χ3n) is 4.75. The maximum atomic E-state index is 6.09. The SMILES string of the molecule is CCNC(=NCCCCN1CCN(C)CC1)N(C)Cc1cccc(Cl)c1.I. The second-order valence-electron chi connectivity index (χ2n) is 7.07. The summed E-state index contributed by atoms with van der Waals surface area (Å²) in [5, 5.41) is 4.17. The van der Waals surface area contributed by atoms with E-state index in [1.54, 1.807) is 0 Å². The summed E-state index contributed by atoms with van der Waals surface area (Å²) in [5.74, 6) is 0.965. The summed E-state index contributed by atoms with van der Waals surface area (Å²) in [7, 11) is 4.28. The highest BCUT2D eigenvalue weighted by Crippen LogP contribution is 2.12. The molecular weight excluding hydrogens is 473 g/mol. The number of halogens is 2. The normalized spacial score (nSPS) is 16.1. The molecule has 27 heavy (non-hydrogen) atoms. The standard InChI is InChI=1S/C20H34ClN5.HI/c1-4-22-20(25(3)17-18-8-7-9-19(21)16-18)23-10-5-6-11-26-14-12-24(2)13-15-26;/h7-9,16H,4-6,10-15,17H2,1-3H3,(H,22,23);1H. The number of rotatable bonds is 8. The van der Waals surface area contributed by atoms with Crippen LogP contribution in [0.2, 0.25) is 5.02 Å². The van der Waals surface area contributed by atoms with Crippen LogP contribution in [0.1, 0.15) is 25.3 Å². The first-order valence-electron chi connectivity index (χ1n) is 9.73. The second-order valence-corrected chi connectivity index (χ2v) is 7.51. The highest BCUT2D eigenvalue weighted by Gasteiger charge is 2.12. The van der Waals surface area contributed by atoms with Crippen molar-refractivity contribution in [1.29, 1.82) is 0 Å². The van der Waals surface area contributed by atoms with E-state index in [2.05, 4.69) is 47.1 Å². The van der Waals surface area contributed by atoms with Gasteiger partial charge >= 0.3 is 0 Å². The summed E-state index contributed by atoms with van der Waals surface area (Å²) >= 11 is 6.09. The summed E-state index contributed by atoms with van der Waals surface area (Å²) in [5.41, 5.74) is 1.20. The lowest BCUT2D eigenvalue weighted by Crippen LogP contribution is -2.44. The smallest absolute Gasteiger partial charge is 0.193 e. The summed E-state index contributed by atoms with van der Waals surface area (Å²) in [6.07, 6.45) is 2.34. The molecule has 5 nitrogen and oxygen atoms in total. The van der Waals surface area contributed by atoms with Gasteiger partial charge in [0.2, 0.25) is 0 Å². The Morgan fingerprint density at radius 3 is 2.63 bits per heavy atom. The minimum atomic E-state index is 0. The van der Waals surface area contributed by atoms with Gasteiger partial charge in [0.1, 0.15) is 0 Å². The number of unbranched alkanes of at least 4 members (excludes halogenated alkanes) is 1. The van der Waals surface area contributed by atoms with Gasteiger partial charge in [0.05, 0.1) is 0 Å². The zero-order chi connectivity index (χ0) is 18.8. The van der Waals surface area contributed by atoms with Gasteiger partial charge in [-0.2, -0.15) is 0 Å². The van der Waals surface area contributed by atoms with E-state index >= 15 is 0 Å². The fraction of sp³-hybridized carbons (Fsp3) is 0.650. The molecule has 154 valence electrons. The molecule has 0 aliphatic carbocycles. The maximum absolute atomic E-state index is 6.09. The highest BCUT2D eigenvalue weighted by molar-refractivity contribution is 14.0. The summed E-state index contributed by atoms with van der Waals surface area (Å²) < 4.78 is 0. The number of hydrogen-bond acceptors (Lipinski definition) is 3. The molecule has 0 saturated carbocycles. The van der Waals surface area contributed by atoms with E-state index in [-0.39, 0.29) is 24.0 Å². The molecule has 0 spiro atoms. The average Bonchev–Trinajstić information content (AvgIpc) is 2.62. The molecule has 2 rings (SSSR count). The fourth-order valence-corrected chi connectivity index (χ4v) is 3.37. The van der Waals surface area contributed by atoms with Gasteiger partial charge < -0.3 is 20.0 Å². The molecule has 0 unspecified atom stereocenters. The molecule has 0 radical (unpaired) electrons. The highest BCUT2D eigenvalue weighted by atomic mass is 127. The molecule has 0 amide bonds. The molecule has 0 bridgehead atoms. The van der Waals surface area contributed by atoms with Crippen molar-refractivity contribution in [1.82, 2.24) is 20.0 Å². The molecule has 1 fully saturated rings. The van der Waals surface area contributed by atoms with Crippen LogP contribution in [-0.4, -0.2) is 80.6 Å². The monoisotopic (exact) mass is 507 g/mol.